The third kappa shape index (κ3) is 3.47. The summed E-state index contributed by atoms with van der Waals surface area (Å²) in [6.45, 7) is 4.22. The molecule has 2 unspecified atom stereocenters. The molecule has 0 aliphatic carbocycles. The molecule has 0 fully saturated rings. The Hall–Kier alpha value is -0.370. The van der Waals surface area contributed by atoms with Crippen LogP contribution in [0.1, 0.15) is 31.7 Å². The number of hydrogen-bond acceptors (Lipinski definition) is 0. The summed E-state index contributed by atoms with van der Waals surface area (Å²) in [5.41, 5.74) is 1.08. The number of benzene rings is 1. The van der Waals surface area contributed by atoms with Crippen LogP contribution in [0.4, 0.5) is 4.39 Å². The van der Waals surface area contributed by atoms with Gasteiger partial charge in [-0.25, -0.2) is 4.39 Å². The van der Waals surface area contributed by atoms with Crippen molar-refractivity contribution >= 4 is 15.9 Å². The second-order valence-corrected chi connectivity index (χ2v) is 5.04. The van der Waals surface area contributed by atoms with E-state index in [-0.39, 0.29) is 5.82 Å². The van der Waals surface area contributed by atoms with Crippen molar-refractivity contribution in [1.29, 1.82) is 0 Å². The summed E-state index contributed by atoms with van der Waals surface area (Å²) >= 11 is 3.50. The van der Waals surface area contributed by atoms with E-state index >= 15 is 0 Å². The molecule has 0 heterocycles. The summed E-state index contributed by atoms with van der Waals surface area (Å²) in [7, 11) is 0. The Balaban J connectivity index is 2.71. The molecule has 0 saturated heterocycles. The average molecular weight is 245 g/mol. The number of alkyl halides is 1. The van der Waals surface area contributed by atoms with Crippen LogP contribution in [0.15, 0.2) is 24.3 Å². The van der Waals surface area contributed by atoms with Gasteiger partial charge in [0.2, 0.25) is 0 Å². The molecule has 0 amide bonds. The highest BCUT2D eigenvalue weighted by Crippen LogP contribution is 2.23. The summed E-state index contributed by atoms with van der Waals surface area (Å²) in [4.78, 5) is 0.478. The molecule has 0 nitrogen and oxygen atoms in total. The number of halogens is 2. The minimum absolute atomic E-state index is 0.147. The first-order chi connectivity index (χ1) is 6.09. The van der Waals surface area contributed by atoms with Crippen molar-refractivity contribution in [3.8, 4) is 0 Å². The smallest absolute Gasteiger partial charge is 0.123 e. The average Bonchev–Trinajstić information content (AvgIpc) is 2.03. The lowest BCUT2D eigenvalue weighted by molar-refractivity contribution is 0.616. The highest BCUT2D eigenvalue weighted by Gasteiger charge is 2.08. The van der Waals surface area contributed by atoms with E-state index < -0.39 is 0 Å². The Bertz CT molecular complexity index is 271. The monoisotopic (exact) mass is 244 g/mol. The minimum Gasteiger partial charge on any atom is -0.207 e. The summed E-state index contributed by atoms with van der Waals surface area (Å²) in [6.07, 6.45) is 1.03. The van der Waals surface area contributed by atoms with Crippen LogP contribution in [0.2, 0.25) is 0 Å². The van der Waals surface area contributed by atoms with Gasteiger partial charge in [-0.2, -0.15) is 0 Å². The third-order valence-corrected chi connectivity index (χ3v) is 2.47. The van der Waals surface area contributed by atoms with Crippen molar-refractivity contribution in [1.82, 2.24) is 0 Å². The van der Waals surface area contributed by atoms with Crippen molar-refractivity contribution in [2.45, 2.75) is 31.0 Å². The number of hydrogen-bond donors (Lipinski definition) is 0. The van der Waals surface area contributed by atoms with Crippen LogP contribution >= 0.6 is 15.9 Å². The normalized spacial score (nSPS) is 15.4. The van der Waals surface area contributed by atoms with Crippen molar-refractivity contribution in [2.75, 3.05) is 0 Å². The third-order valence-electron chi connectivity index (χ3n) is 2.10. The van der Waals surface area contributed by atoms with Crippen molar-refractivity contribution in [2.24, 2.45) is 0 Å². The van der Waals surface area contributed by atoms with Gasteiger partial charge in [0.05, 0.1) is 0 Å². The molecule has 1 aromatic carbocycles. The van der Waals surface area contributed by atoms with Gasteiger partial charge in [-0.1, -0.05) is 41.9 Å². The second-order valence-electron chi connectivity index (χ2n) is 3.47. The first-order valence-corrected chi connectivity index (χ1v) is 5.40. The van der Waals surface area contributed by atoms with Crippen molar-refractivity contribution in [3.63, 3.8) is 0 Å². The molecule has 0 aliphatic rings. The molecule has 0 aliphatic heterocycles. The van der Waals surface area contributed by atoms with E-state index in [0.29, 0.717) is 10.7 Å². The molecule has 0 spiro atoms. The first kappa shape index (κ1) is 10.7. The van der Waals surface area contributed by atoms with Crippen LogP contribution in [-0.4, -0.2) is 4.83 Å². The van der Waals surface area contributed by atoms with Gasteiger partial charge < -0.3 is 0 Å². The minimum atomic E-state index is -0.147. The maximum Gasteiger partial charge on any atom is 0.123 e. The van der Waals surface area contributed by atoms with Gasteiger partial charge in [-0.3, -0.25) is 0 Å². The van der Waals surface area contributed by atoms with E-state index in [9.17, 15) is 4.39 Å². The molecule has 1 rings (SSSR count). The lowest BCUT2D eigenvalue weighted by atomic mass is 9.97. The second kappa shape index (κ2) is 4.75. The molecule has 0 bridgehead atoms. The van der Waals surface area contributed by atoms with Crippen LogP contribution in [0.3, 0.4) is 0 Å². The predicted octanol–water partition coefficient (Wildman–Crippen LogP) is 4.10. The van der Waals surface area contributed by atoms with E-state index in [1.807, 2.05) is 6.07 Å². The Kier molecular flexibility index (Phi) is 3.91. The fourth-order valence-electron chi connectivity index (χ4n) is 1.44. The van der Waals surface area contributed by atoms with Crippen LogP contribution in [0.5, 0.6) is 0 Å². The van der Waals surface area contributed by atoms with E-state index in [0.717, 1.165) is 12.0 Å². The van der Waals surface area contributed by atoms with E-state index in [1.165, 1.54) is 6.07 Å². The summed E-state index contributed by atoms with van der Waals surface area (Å²) in [6, 6.07) is 6.83. The SMILES string of the molecule is CC(Br)CC(C)c1cccc(F)c1. The largest absolute Gasteiger partial charge is 0.207 e. The zero-order chi connectivity index (χ0) is 9.84. The fourth-order valence-corrected chi connectivity index (χ4v) is 2.00. The van der Waals surface area contributed by atoms with Crippen LogP contribution < -0.4 is 0 Å². The summed E-state index contributed by atoms with van der Waals surface area (Å²) < 4.78 is 12.9. The standard InChI is InChI=1S/C11H14BrF/c1-8(6-9(2)12)10-4-3-5-11(13)7-10/h3-5,7-9H,6H2,1-2H3. The molecule has 0 radical (unpaired) electrons. The molecule has 0 N–H and O–H groups in total. The Morgan fingerprint density at radius 1 is 1.38 bits per heavy atom. The maximum atomic E-state index is 12.9. The quantitative estimate of drug-likeness (QED) is 0.703. The molecule has 0 aromatic heterocycles. The van der Waals surface area contributed by atoms with E-state index in [4.69, 9.17) is 0 Å². The van der Waals surface area contributed by atoms with Crippen molar-refractivity contribution in [3.05, 3.63) is 35.6 Å². The Morgan fingerprint density at radius 2 is 2.08 bits per heavy atom. The molecule has 2 atom stereocenters. The molecule has 0 saturated carbocycles. The Morgan fingerprint density at radius 3 is 2.62 bits per heavy atom. The lowest BCUT2D eigenvalue weighted by Gasteiger charge is -2.13. The van der Waals surface area contributed by atoms with Gasteiger partial charge >= 0.3 is 0 Å². The topological polar surface area (TPSA) is 0 Å². The predicted molar refractivity (Wildman–Crippen MR) is 57.8 cm³/mol. The van der Waals surface area contributed by atoms with Gasteiger partial charge in [0, 0.05) is 4.83 Å². The summed E-state index contributed by atoms with van der Waals surface area (Å²) in [5.74, 6) is 0.261. The highest BCUT2D eigenvalue weighted by atomic mass is 79.9. The molecule has 2 heteroatoms. The van der Waals surface area contributed by atoms with E-state index in [1.54, 1.807) is 12.1 Å². The zero-order valence-electron chi connectivity index (χ0n) is 7.93. The molecular weight excluding hydrogens is 231 g/mol. The maximum absolute atomic E-state index is 12.9. The van der Waals surface area contributed by atoms with Gasteiger partial charge in [0.15, 0.2) is 0 Å². The molecule has 1 aromatic rings. The highest BCUT2D eigenvalue weighted by molar-refractivity contribution is 9.09. The van der Waals surface area contributed by atoms with Gasteiger partial charge in [-0.05, 0) is 30.0 Å². The molecular formula is C11H14BrF. The van der Waals surface area contributed by atoms with Crippen LogP contribution in [-0.2, 0) is 0 Å². The lowest BCUT2D eigenvalue weighted by Crippen LogP contribution is -2.00. The Labute approximate surface area is 87.3 Å². The molecule has 72 valence electrons. The van der Waals surface area contributed by atoms with Gasteiger partial charge in [0.1, 0.15) is 5.82 Å². The zero-order valence-corrected chi connectivity index (χ0v) is 9.51. The van der Waals surface area contributed by atoms with Gasteiger partial charge in [0.25, 0.3) is 0 Å². The molecule has 13 heavy (non-hydrogen) atoms. The summed E-state index contributed by atoms with van der Waals surface area (Å²) in [5, 5.41) is 0. The van der Waals surface area contributed by atoms with Gasteiger partial charge in [-0.15, -0.1) is 0 Å². The first-order valence-electron chi connectivity index (χ1n) is 4.49. The van der Waals surface area contributed by atoms with Crippen LogP contribution in [0.25, 0.3) is 0 Å². The van der Waals surface area contributed by atoms with E-state index in [2.05, 4.69) is 29.8 Å². The van der Waals surface area contributed by atoms with Crippen molar-refractivity contribution < 1.29 is 4.39 Å². The fraction of sp³-hybridized carbons (Fsp3) is 0.455. The van der Waals surface area contributed by atoms with Crippen LogP contribution in [0, 0.1) is 5.82 Å². The number of rotatable bonds is 3.